The van der Waals surface area contributed by atoms with E-state index in [0.29, 0.717) is 22.4 Å². The Morgan fingerprint density at radius 1 is 1.45 bits per heavy atom. The molecule has 0 unspecified atom stereocenters. The second-order valence-corrected chi connectivity index (χ2v) is 5.34. The van der Waals surface area contributed by atoms with E-state index in [-0.39, 0.29) is 0 Å². The lowest BCUT2D eigenvalue weighted by atomic mass is 10.1. The highest BCUT2D eigenvalue weighted by Gasteiger charge is 2.32. The SMILES string of the molecule is COc1cc(Cl)c(C)cc1-n1nnc(C=O)c1C1CC1. The largest absolute Gasteiger partial charge is 0.494 e. The lowest BCUT2D eigenvalue weighted by Crippen LogP contribution is -2.05. The van der Waals surface area contributed by atoms with Gasteiger partial charge in [-0.2, -0.15) is 0 Å². The van der Waals surface area contributed by atoms with Crippen molar-refractivity contribution in [3.63, 3.8) is 0 Å². The third-order valence-corrected chi connectivity index (χ3v) is 3.90. The van der Waals surface area contributed by atoms with Gasteiger partial charge in [0.25, 0.3) is 0 Å². The van der Waals surface area contributed by atoms with Gasteiger partial charge in [0.15, 0.2) is 6.29 Å². The van der Waals surface area contributed by atoms with Crippen molar-refractivity contribution in [3.05, 3.63) is 34.1 Å². The summed E-state index contributed by atoms with van der Waals surface area (Å²) in [6, 6.07) is 3.65. The third kappa shape index (κ3) is 2.08. The van der Waals surface area contributed by atoms with Crippen LogP contribution in [0.3, 0.4) is 0 Å². The zero-order chi connectivity index (χ0) is 14.3. The minimum atomic E-state index is 0.353. The molecule has 0 saturated heterocycles. The van der Waals surface area contributed by atoms with Gasteiger partial charge >= 0.3 is 0 Å². The average Bonchev–Trinajstić information content (AvgIpc) is 3.20. The highest BCUT2D eigenvalue weighted by molar-refractivity contribution is 6.31. The van der Waals surface area contributed by atoms with Crippen LogP contribution in [0.5, 0.6) is 5.75 Å². The van der Waals surface area contributed by atoms with E-state index in [1.54, 1.807) is 17.9 Å². The fourth-order valence-electron chi connectivity index (χ4n) is 2.28. The summed E-state index contributed by atoms with van der Waals surface area (Å²) in [4.78, 5) is 11.1. The molecule has 3 rings (SSSR count). The van der Waals surface area contributed by atoms with E-state index in [4.69, 9.17) is 16.3 Å². The number of carbonyl (C=O) groups excluding carboxylic acids is 1. The van der Waals surface area contributed by atoms with Gasteiger partial charge in [-0.25, -0.2) is 4.68 Å². The van der Waals surface area contributed by atoms with E-state index < -0.39 is 0 Å². The standard InChI is InChI=1S/C14H14ClN3O2/c1-8-5-12(13(20-2)6-10(8)15)18-14(9-3-4-9)11(7-19)16-17-18/h5-7,9H,3-4H2,1-2H3. The summed E-state index contributed by atoms with van der Waals surface area (Å²) in [7, 11) is 1.58. The van der Waals surface area contributed by atoms with Gasteiger partial charge in [-0.05, 0) is 31.4 Å². The molecule has 0 spiro atoms. The van der Waals surface area contributed by atoms with Crippen LogP contribution in [0.4, 0.5) is 0 Å². The third-order valence-electron chi connectivity index (χ3n) is 3.50. The number of halogens is 1. The van der Waals surface area contributed by atoms with Crippen LogP contribution in [0.2, 0.25) is 5.02 Å². The Morgan fingerprint density at radius 2 is 2.20 bits per heavy atom. The Bertz CT molecular complexity index is 677. The number of carbonyl (C=O) groups is 1. The summed E-state index contributed by atoms with van der Waals surface area (Å²) < 4.78 is 7.07. The van der Waals surface area contributed by atoms with Gasteiger partial charge in [0, 0.05) is 17.0 Å². The Morgan fingerprint density at radius 3 is 2.80 bits per heavy atom. The number of rotatable bonds is 4. The summed E-state index contributed by atoms with van der Waals surface area (Å²) in [5.41, 5.74) is 2.95. The number of nitrogens with zero attached hydrogens (tertiary/aromatic N) is 3. The molecule has 0 amide bonds. The first-order valence-corrected chi connectivity index (χ1v) is 6.78. The van der Waals surface area contributed by atoms with Gasteiger partial charge in [0.05, 0.1) is 12.8 Å². The lowest BCUT2D eigenvalue weighted by molar-refractivity contribution is 0.111. The van der Waals surface area contributed by atoms with Crippen LogP contribution in [0, 0.1) is 6.92 Å². The Labute approximate surface area is 121 Å². The molecule has 0 atom stereocenters. The number of ether oxygens (including phenoxy) is 1. The van der Waals surface area contributed by atoms with Crippen LogP contribution < -0.4 is 4.74 Å². The van der Waals surface area contributed by atoms with Crippen LogP contribution in [-0.2, 0) is 0 Å². The number of aromatic nitrogens is 3. The molecule has 20 heavy (non-hydrogen) atoms. The maximum Gasteiger partial charge on any atom is 0.172 e. The molecule has 0 bridgehead atoms. The quantitative estimate of drug-likeness (QED) is 0.813. The first-order chi connectivity index (χ1) is 9.65. The lowest BCUT2D eigenvalue weighted by Gasteiger charge is -2.12. The minimum absolute atomic E-state index is 0.353. The van der Waals surface area contributed by atoms with Crippen LogP contribution >= 0.6 is 11.6 Å². The van der Waals surface area contributed by atoms with Gasteiger partial charge in [-0.1, -0.05) is 16.8 Å². The Kier molecular flexibility index (Phi) is 3.22. The number of methoxy groups -OCH3 is 1. The molecule has 6 heteroatoms. The molecule has 1 aromatic carbocycles. The predicted molar refractivity (Wildman–Crippen MR) is 75.0 cm³/mol. The maximum atomic E-state index is 11.1. The summed E-state index contributed by atoms with van der Waals surface area (Å²) in [5, 5.41) is 8.70. The van der Waals surface area contributed by atoms with Crippen molar-refractivity contribution in [2.24, 2.45) is 0 Å². The van der Waals surface area contributed by atoms with Crippen LogP contribution in [0.25, 0.3) is 5.69 Å². The zero-order valence-electron chi connectivity index (χ0n) is 11.3. The second-order valence-electron chi connectivity index (χ2n) is 4.94. The van der Waals surface area contributed by atoms with E-state index in [2.05, 4.69) is 10.3 Å². The molecule has 1 saturated carbocycles. The van der Waals surface area contributed by atoms with Crippen molar-refractivity contribution < 1.29 is 9.53 Å². The normalized spacial score (nSPS) is 14.3. The molecule has 104 valence electrons. The van der Waals surface area contributed by atoms with E-state index in [9.17, 15) is 4.79 Å². The topological polar surface area (TPSA) is 57.0 Å². The van der Waals surface area contributed by atoms with E-state index in [0.717, 1.165) is 36.1 Å². The van der Waals surface area contributed by atoms with Gasteiger partial charge in [-0.15, -0.1) is 5.10 Å². The van der Waals surface area contributed by atoms with Crippen LogP contribution in [0.1, 0.15) is 40.5 Å². The Balaban J connectivity index is 2.20. The monoisotopic (exact) mass is 291 g/mol. The molecular weight excluding hydrogens is 278 g/mol. The van der Waals surface area contributed by atoms with E-state index in [1.807, 2.05) is 13.0 Å². The summed E-state index contributed by atoms with van der Waals surface area (Å²) >= 11 is 6.12. The van der Waals surface area contributed by atoms with E-state index in [1.165, 1.54) is 0 Å². The van der Waals surface area contributed by atoms with Crippen molar-refractivity contribution in [1.29, 1.82) is 0 Å². The van der Waals surface area contributed by atoms with Crippen molar-refractivity contribution >= 4 is 17.9 Å². The summed E-state index contributed by atoms with van der Waals surface area (Å²) in [6.07, 6.45) is 2.87. The molecule has 0 N–H and O–H groups in total. The molecule has 5 nitrogen and oxygen atoms in total. The second kappa shape index (κ2) is 4.90. The van der Waals surface area contributed by atoms with Crippen molar-refractivity contribution in [1.82, 2.24) is 15.0 Å². The average molecular weight is 292 g/mol. The molecule has 1 aliphatic carbocycles. The van der Waals surface area contributed by atoms with Crippen molar-refractivity contribution in [2.75, 3.05) is 7.11 Å². The number of hydrogen-bond acceptors (Lipinski definition) is 4. The van der Waals surface area contributed by atoms with Crippen molar-refractivity contribution in [3.8, 4) is 11.4 Å². The molecule has 1 aromatic heterocycles. The smallest absolute Gasteiger partial charge is 0.172 e. The molecule has 2 aromatic rings. The number of benzene rings is 1. The zero-order valence-corrected chi connectivity index (χ0v) is 12.0. The summed E-state index contributed by atoms with van der Waals surface area (Å²) in [6.45, 7) is 1.92. The number of aryl methyl sites for hydroxylation is 1. The first-order valence-electron chi connectivity index (χ1n) is 6.41. The first kappa shape index (κ1) is 13.1. The van der Waals surface area contributed by atoms with Gasteiger partial charge < -0.3 is 4.74 Å². The molecule has 1 fully saturated rings. The molecular formula is C14H14ClN3O2. The maximum absolute atomic E-state index is 11.1. The van der Waals surface area contributed by atoms with Crippen molar-refractivity contribution in [2.45, 2.75) is 25.7 Å². The molecule has 0 radical (unpaired) electrons. The fraction of sp³-hybridized carbons (Fsp3) is 0.357. The number of hydrogen-bond donors (Lipinski definition) is 0. The van der Waals surface area contributed by atoms with E-state index >= 15 is 0 Å². The highest BCUT2D eigenvalue weighted by Crippen LogP contribution is 2.42. The Hall–Kier alpha value is -1.88. The minimum Gasteiger partial charge on any atom is -0.494 e. The molecule has 1 heterocycles. The highest BCUT2D eigenvalue weighted by atomic mass is 35.5. The van der Waals surface area contributed by atoms with Crippen LogP contribution in [-0.4, -0.2) is 28.4 Å². The summed E-state index contributed by atoms with van der Waals surface area (Å²) in [5.74, 6) is 0.968. The molecule has 0 aliphatic heterocycles. The van der Waals surface area contributed by atoms with Gasteiger partial charge in [-0.3, -0.25) is 4.79 Å². The van der Waals surface area contributed by atoms with Gasteiger partial charge in [0.2, 0.25) is 0 Å². The van der Waals surface area contributed by atoms with Gasteiger partial charge in [0.1, 0.15) is 17.1 Å². The predicted octanol–water partition coefficient (Wildman–Crippen LogP) is 2.93. The molecule has 1 aliphatic rings. The fourth-order valence-corrected chi connectivity index (χ4v) is 2.43. The van der Waals surface area contributed by atoms with Crippen LogP contribution in [0.15, 0.2) is 12.1 Å². The number of aldehydes is 1.